The van der Waals surface area contributed by atoms with E-state index in [0.717, 1.165) is 40.2 Å². The number of amides is 2. The molecule has 0 aliphatic carbocycles. The molecule has 0 saturated carbocycles. The summed E-state index contributed by atoms with van der Waals surface area (Å²) in [5.41, 5.74) is 1.78. The Morgan fingerprint density at radius 3 is 2.87 bits per heavy atom. The lowest BCUT2D eigenvalue weighted by Crippen LogP contribution is -2.41. The molecule has 1 saturated heterocycles. The molecule has 2 aliphatic rings. The number of thioether (sulfide) groups is 1. The molecular weight excluding hydrogens is 430 g/mol. The number of rotatable bonds is 6. The summed E-state index contributed by atoms with van der Waals surface area (Å²) < 4.78 is 6.86. The fraction of sp³-hybridized carbons (Fsp3) is 0.348. The van der Waals surface area contributed by atoms with Crippen LogP contribution in [0.2, 0.25) is 0 Å². The summed E-state index contributed by atoms with van der Waals surface area (Å²) >= 11 is 3.07. The molecule has 0 spiro atoms. The number of aromatic nitrogens is 1. The molecule has 2 amide bonds. The molecule has 0 N–H and O–H groups in total. The lowest BCUT2D eigenvalue weighted by molar-refractivity contribution is -0.119. The van der Waals surface area contributed by atoms with E-state index in [9.17, 15) is 9.59 Å². The monoisotopic (exact) mass is 453 g/mol. The highest BCUT2D eigenvalue weighted by Gasteiger charge is 2.29. The van der Waals surface area contributed by atoms with E-state index in [1.54, 1.807) is 21.6 Å². The molecule has 1 fully saturated rings. The molecule has 3 heterocycles. The van der Waals surface area contributed by atoms with Gasteiger partial charge in [-0.25, -0.2) is 4.98 Å². The van der Waals surface area contributed by atoms with Gasteiger partial charge >= 0.3 is 0 Å². The van der Waals surface area contributed by atoms with Crippen LogP contribution in [0, 0.1) is 0 Å². The molecule has 160 valence electrons. The highest BCUT2D eigenvalue weighted by molar-refractivity contribution is 8.00. The number of fused-ring (bicyclic) bond motifs is 2. The Morgan fingerprint density at radius 2 is 2.03 bits per heavy atom. The Kier molecular flexibility index (Phi) is 5.93. The van der Waals surface area contributed by atoms with Gasteiger partial charge in [-0.15, -0.1) is 11.8 Å². The zero-order valence-electron chi connectivity index (χ0n) is 17.0. The van der Waals surface area contributed by atoms with Gasteiger partial charge in [-0.1, -0.05) is 35.6 Å². The zero-order chi connectivity index (χ0) is 21.2. The number of para-hydroxylation sites is 2. The Bertz CT molecular complexity index is 1080. The van der Waals surface area contributed by atoms with Crippen molar-refractivity contribution in [3.05, 3.63) is 48.5 Å². The maximum atomic E-state index is 13.4. The van der Waals surface area contributed by atoms with E-state index in [-0.39, 0.29) is 24.3 Å². The SMILES string of the molecule is O=C(CCN1C(=O)CSc2ccccc21)N(CC1CCCO1)c1nc2ccccc2s1. The second-order valence-corrected chi connectivity index (χ2v) is 9.68. The van der Waals surface area contributed by atoms with Crippen LogP contribution in [0.1, 0.15) is 19.3 Å². The normalized spacial score (nSPS) is 18.4. The van der Waals surface area contributed by atoms with Crippen molar-refractivity contribution in [3.8, 4) is 0 Å². The zero-order valence-corrected chi connectivity index (χ0v) is 18.7. The van der Waals surface area contributed by atoms with Gasteiger partial charge < -0.3 is 9.64 Å². The first-order valence-electron chi connectivity index (χ1n) is 10.5. The first-order chi connectivity index (χ1) is 15.2. The molecule has 0 bridgehead atoms. The van der Waals surface area contributed by atoms with Gasteiger partial charge in [-0.05, 0) is 37.1 Å². The van der Waals surface area contributed by atoms with Crippen LogP contribution in [0.15, 0.2) is 53.4 Å². The highest BCUT2D eigenvalue weighted by Crippen LogP contribution is 2.35. The average Bonchev–Trinajstić information content (AvgIpc) is 3.46. The number of carbonyl (C=O) groups excluding carboxylic acids is 2. The topological polar surface area (TPSA) is 62.7 Å². The largest absolute Gasteiger partial charge is 0.376 e. The van der Waals surface area contributed by atoms with Gasteiger partial charge in [0.15, 0.2) is 5.13 Å². The molecule has 2 aliphatic heterocycles. The van der Waals surface area contributed by atoms with Crippen molar-refractivity contribution < 1.29 is 14.3 Å². The lowest BCUT2D eigenvalue weighted by Gasteiger charge is -2.30. The Hall–Kier alpha value is -2.42. The van der Waals surface area contributed by atoms with Gasteiger partial charge in [0.2, 0.25) is 11.8 Å². The summed E-state index contributed by atoms with van der Waals surface area (Å²) in [6.07, 6.45) is 2.24. The fourth-order valence-electron chi connectivity index (χ4n) is 4.00. The fourth-order valence-corrected chi connectivity index (χ4v) is 5.92. The number of carbonyl (C=O) groups is 2. The summed E-state index contributed by atoms with van der Waals surface area (Å²) in [6.45, 7) is 1.60. The number of hydrogen-bond acceptors (Lipinski definition) is 6. The standard InChI is InChI=1S/C23H23N3O3S2/c27-21(11-12-25-18-8-2-4-10-20(18)30-15-22(25)28)26(14-16-6-5-13-29-16)23-24-17-7-1-3-9-19(17)31-23/h1-4,7-10,16H,5-6,11-15H2. The summed E-state index contributed by atoms with van der Waals surface area (Å²) in [4.78, 5) is 35.2. The third-order valence-corrected chi connectivity index (χ3v) is 7.69. The minimum atomic E-state index is -0.0296. The van der Waals surface area contributed by atoms with Crippen LogP contribution < -0.4 is 9.80 Å². The maximum absolute atomic E-state index is 13.4. The number of anilines is 2. The van der Waals surface area contributed by atoms with Crippen LogP contribution in [0.5, 0.6) is 0 Å². The predicted octanol–water partition coefficient (Wildman–Crippen LogP) is 4.34. The van der Waals surface area contributed by atoms with Crippen LogP contribution in [-0.4, -0.2) is 48.4 Å². The minimum absolute atomic E-state index is 0.0296. The lowest BCUT2D eigenvalue weighted by atomic mass is 10.2. The Labute approximate surface area is 189 Å². The average molecular weight is 454 g/mol. The second kappa shape index (κ2) is 8.98. The molecule has 1 atom stereocenters. The quantitative estimate of drug-likeness (QED) is 0.556. The van der Waals surface area contributed by atoms with E-state index in [0.29, 0.717) is 24.0 Å². The van der Waals surface area contributed by atoms with Gasteiger partial charge in [0.1, 0.15) is 0 Å². The molecular formula is C23H23N3O3S2. The van der Waals surface area contributed by atoms with Gasteiger partial charge in [0.05, 0.1) is 34.3 Å². The van der Waals surface area contributed by atoms with Crippen molar-refractivity contribution in [1.29, 1.82) is 0 Å². The summed E-state index contributed by atoms with van der Waals surface area (Å²) in [5.74, 6) is 0.420. The molecule has 3 aromatic rings. The van der Waals surface area contributed by atoms with Gasteiger partial charge in [-0.3, -0.25) is 14.5 Å². The first kappa shape index (κ1) is 20.5. The smallest absolute Gasteiger partial charge is 0.237 e. The number of hydrogen-bond donors (Lipinski definition) is 0. The Balaban J connectivity index is 1.36. The number of thiazole rings is 1. The molecule has 1 unspecified atom stereocenters. The molecule has 5 rings (SSSR count). The third kappa shape index (κ3) is 4.33. The number of nitrogens with zero attached hydrogens (tertiary/aromatic N) is 3. The molecule has 8 heteroatoms. The van der Waals surface area contributed by atoms with Crippen molar-refractivity contribution in [2.24, 2.45) is 0 Å². The molecule has 2 aromatic carbocycles. The van der Waals surface area contributed by atoms with Gasteiger partial charge in [-0.2, -0.15) is 0 Å². The van der Waals surface area contributed by atoms with E-state index >= 15 is 0 Å². The van der Waals surface area contributed by atoms with Gasteiger partial charge in [0.25, 0.3) is 0 Å². The van der Waals surface area contributed by atoms with Crippen LogP contribution in [-0.2, 0) is 14.3 Å². The number of ether oxygens (including phenoxy) is 1. The van der Waals surface area contributed by atoms with Crippen LogP contribution in [0.3, 0.4) is 0 Å². The molecule has 1 aromatic heterocycles. The summed E-state index contributed by atoms with van der Waals surface area (Å²) in [6, 6.07) is 15.8. The molecule has 6 nitrogen and oxygen atoms in total. The van der Waals surface area contributed by atoms with E-state index in [4.69, 9.17) is 9.72 Å². The maximum Gasteiger partial charge on any atom is 0.237 e. The van der Waals surface area contributed by atoms with Gasteiger partial charge in [0, 0.05) is 24.5 Å². The molecule has 31 heavy (non-hydrogen) atoms. The van der Waals surface area contributed by atoms with E-state index < -0.39 is 0 Å². The van der Waals surface area contributed by atoms with Crippen molar-refractivity contribution in [3.63, 3.8) is 0 Å². The molecule has 0 radical (unpaired) electrons. The van der Waals surface area contributed by atoms with E-state index in [2.05, 4.69) is 0 Å². The summed E-state index contributed by atoms with van der Waals surface area (Å²) in [5, 5.41) is 0.697. The van der Waals surface area contributed by atoms with Crippen molar-refractivity contribution in [2.75, 3.05) is 35.2 Å². The van der Waals surface area contributed by atoms with Crippen LogP contribution in [0.4, 0.5) is 10.8 Å². The van der Waals surface area contributed by atoms with E-state index in [1.807, 2.05) is 48.5 Å². The van der Waals surface area contributed by atoms with E-state index in [1.165, 1.54) is 11.3 Å². The van der Waals surface area contributed by atoms with Crippen molar-refractivity contribution >= 4 is 55.9 Å². The first-order valence-corrected chi connectivity index (χ1v) is 12.3. The number of benzene rings is 2. The summed E-state index contributed by atoms with van der Waals surface area (Å²) in [7, 11) is 0. The van der Waals surface area contributed by atoms with Crippen LogP contribution in [0.25, 0.3) is 10.2 Å². The van der Waals surface area contributed by atoms with Crippen molar-refractivity contribution in [1.82, 2.24) is 4.98 Å². The Morgan fingerprint density at radius 1 is 1.19 bits per heavy atom. The highest BCUT2D eigenvalue weighted by atomic mass is 32.2. The third-order valence-electron chi connectivity index (χ3n) is 5.58. The van der Waals surface area contributed by atoms with Crippen molar-refractivity contribution in [2.45, 2.75) is 30.3 Å². The predicted molar refractivity (Wildman–Crippen MR) is 125 cm³/mol. The van der Waals surface area contributed by atoms with Crippen LogP contribution >= 0.6 is 23.1 Å². The second-order valence-electron chi connectivity index (χ2n) is 7.66. The minimum Gasteiger partial charge on any atom is -0.376 e.